The molecule has 2 atom stereocenters. The maximum atomic E-state index is 13.4. The SMILES string of the molecule is C[C@H]1Cc2c([nH]c3ncccc23)[C@H](c2ccc(F)cc2)N1C(=O)CCl. The van der Waals surface area contributed by atoms with E-state index in [0.29, 0.717) is 0 Å². The minimum absolute atomic E-state index is 0.0204. The number of aromatic amines is 1. The van der Waals surface area contributed by atoms with Crippen LogP contribution in [0.25, 0.3) is 11.0 Å². The highest BCUT2D eigenvalue weighted by atomic mass is 35.5. The number of nitrogens with zero attached hydrogens (tertiary/aromatic N) is 2. The van der Waals surface area contributed by atoms with Gasteiger partial charge in [0.1, 0.15) is 17.3 Å². The zero-order valence-corrected chi connectivity index (χ0v) is 14.4. The molecule has 3 aromatic rings. The van der Waals surface area contributed by atoms with Crippen LogP contribution in [-0.2, 0) is 11.2 Å². The number of benzene rings is 1. The van der Waals surface area contributed by atoms with Crippen molar-refractivity contribution >= 4 is 28.5 Å². The Morgan fingerprint density at radius 1 is 1.36 bits per heavy atom. The molecule has 0 bridgehead atoms. The Morgan fingerprint density at radius 2 is 2.12 bits per heavy atom. The minimum Gasteiger partial charge on any atom is -0.341 e. The van der Waals surface area contributed by atoms with Crippen LogP contribution in [0.1, 0.15) is 29.8 Å². The van der Waals surface area contributed by atoms with E-state index in [-0.39, 0.29) is 29.7 Å². The van der Waals surface area contributed by atoms with Crippen LogP contribution in [0, 0.1) is 5.82 Å². The van der Waals surface area contributed by atoms with Crippen molar-refractivity contribution in [1.29, 1.82) is 0 Å². The number of hydrogen-bond acceptors (Lipinski definition) is 2. The van der Waals surface area contributed by atoms with E-state index in [1.54, 1.807) is 23.2 Å². The van der Waals surface area contributed by atoms with Crippen LogP contribution in [0.2, 0.25) is 0 Å². The summed E-state index contributed by atoms with van der Waals surface area (Å²) in [4.78, 5) is 22.1. The molecule has 3 heterocycles. The molecule has 0 unspecified atom stereocenters. The van der Waals surface area contributed by atoms with Crippen molar-refractivity contribution in [2.45, 2.75) is 25.4 Å². The predicted octanol–water partition coefficient (Wildman–Crippen LogP) is 3.80. The smallest absolute Gasteiger partial charge is 0.238 e. The molecule has 0 saturated carbocycles. The highest BCUT2D eigenvalue weighted by Gasteiger charge is 2.38. The van der Waals surface area contributed by atoms with Crippen molar-refractivity contribution in [3.8, 4) is 0 Å². The Kier molecular flexibility index (Phi) is 3.96. The van der Waals surface area contributed by atoms with Crippen LogP contribution in [0.3, 0.4) is 0 Å². The van der Waals surface area contributed by atoms with E-state index in [2.05, 4.69) is 9.97 Å². The van der Waals surface area contributed by atoms with Crippen molar-refractivity contribution in [1.82, 2.24) is 14.9 Å². The van der Waals surface area contributed by atoms with Crippen molar-refractivity contribution in [2.24, 2.45) is 0 Å². The molecule has 0 saturated heterocycles. The monoisotopic (exact) mass is 357 g/mol. The van der Waals surface area contributed by atoms with Crippen LogP contribution in [0.4, 0.5) is 4.39 Å². The molecule has 25 heavy (non-hydrogen) atoms. The molecular formula is C19H17ClFN3O. The van der Waals surface area contributed by atoms with Gasteiger partial charge in [-0.15, -0.1) is 11.6 Å². The first-order valence-corrected chi connectivity index (χ1v) is 8.71. The number of rotatable bonds is 2. The normalized spacial score (nSPS) is 19.9. The van der Waals surface area contributed by atoms with Crippen molar-refractivity contribution in [2.75, 3.05) is 5.88 Å². The summed E-state index contributed by atoms with van der Waals surface area (Å²) in [6.45, 7) is 2.01. The molecule has 0 radical (unpaired) electrons. The third-order valence-corrected chi connectivity index (χ3v) is 5.05. The molecule has 1 aromatic carbocycles. The van der Waals surface area contributed by atoms with E-state index in [1.165, 1.54) is 12.1 Å². The standard InChI is InChI=1S/C19H17ClFN3O/c1-11-9-15-14-3-2-8-22-19(14)23-17(15)18(24(11)16(25)10-20)12-4-6-13(21)7-5-12/h2-8,11,18H,9-10H2,1H3,(H,22,23)/t11-,18-/m0/s1. The largest absolute Gasteiger partial charge is 0.341 e. The van der Waals surface area contributed by atoms with Gasteiger partial charge in [-0.1, -0.05) is 12.1 Å². The number of fused-ring (bicyclic) bond motifs is 3. The molecular weight excluding hydrogens is 341 g/mol. The first kappa shape index (κ1) is 16.1. The van der Waals surface area contributed by atoms with Crippen LogP contribution in [0.5, 0.6) is 0 Å². The lowest BCUT2D eigenvalue weighted by atomic mass is 9.89. The maximum Gasteiger partial charge on any atom is 0.238 e. The summed E-state index contributed by atoms with van der Waals surface area (Å²) < 4.78 is 13.4. The zero-order valence-electron chi connectivity index (χ0n) is 13.7. The highest BCUT2D eigenvalue weighted by molar-refractivity contribution is 6.27. The molecule has 0 spiro atoms. The molecule has 4 nitrogen and oxygen atoms in total. The third-order valence-electron chi connectivity index (χ3n) is 4.83. The fraction of sp³-hybridized carbons (Fsp3) is 0.263. The average Bonchev–Trinajstić information content (AvgIpc) is 2.99. The van der Waals surface area contributed by atoms with Gasteiger partial charge in [0.25, 0.3) is 0 Å². The predicted molar refractivity (Wildman–Crippen MR) is 95.1 cm³/mol. The Bertz CT molecular complexity index is 937. The van der Waals surface area contributed by atoms with Crippen LogP contribution in [0.15, 0.2) is 42.6 Å². The van der Waals surface area contributed by atoms with Crippen LogP contribution >= 0.6 is 11.6 Å². The van der Waals surface area contributed by atoms with Crippen molar-refractivity contribution in [3.63, 3.8) is 0 Å². The molecule has 0 fully saturated rings. The van der Waals surface area contributed by atoms with Crippen molar-refractivity contribution < 1.29 is 9.18 Å². The number of hydrogen-bond donors (Lipinski definition) is 1. The second kappa shape index (κ2) is 6.15. The summed E-state index contributed by atoms with van der Waals surface area (Å²) in [5, 5.41) is 1.06. The first-order chi connectivity index (χ1) is 12.1. The maximum absolute atomic E-state index is 13.4. The summed E-state index contributed by atoms with van der Waals surface area (Å²) >= 11 is 5.86. The first-order valence-electron chi connectivity index (χ1n) is 8.18. The van der Waals surface area contributed by atoms with E-state index in [1.807, 2.05) is 19.1 Å². The lowest BCUT2D eigenvalue weighted by Crippen LogP contribution is -2.46. The molecule has 6 heteroatoms. The van der Waals surface area contributed by atoms with Gasteiger partial charge in [-0.2, -0.15) is 0 Å². The molecule has 128 valence electrons. The fourth-order valence-electron chi connectivity index (χ4n) is 3.77. The second-order valence-electron chi connectivity index (χ2n) is 6.36. The summed E-state index contributed by atoms with van der Waals surface area (Å²) in [5.74, 6) is -0.530. The van der Waals surface area contributed by atoms with E-state index >= 15 is 0 Å². The minimum atomic E-state index is -0.334. The number of amides is 1. The Balaban J connectivity index is 1.94. The average molecular weight is 358 g/mol. The van der Waals surface area contributed by atoms with Gasteiger partial charge in [-0.05, 0) is 48.7 Å². The lowest BCUT2D eigenvalue weighted by molar-refractivity contribution is -0.133. The number of carbonyl (C=O) groups is 1. The van der Waals surface area contributed by atoms with E-state index in [0.717, 1.165) is 34.3 Å². The number of alkyl halides is 1. The number of aromatic nitrogens is 2. The van der Waals surface area contributed by atoms with Gasteiger partial charge in [0.05, 0.1) is 6.04 Å². The summed E-state index contributed by atoms with van der Waals surface area (Å²) in [6, 6.07) is 9.85. The highest BCUT2D eigenvalue weighted by Crippen LogP contribution is 2.40. The molecule has 1 N–H and O–H groups in total. The van der Waals surface area contributed by atoms with Crippen molar-refractivity contribution in [3.05, 3.63) is 65.2 Å². The number of pyridine rings is 1. The van der Waals surface area contributed by atoms with Gasteiger partial charge >= 0.3 is 0 Å². The third kappa shape index (κ3) is 2.59. The number of halogens is 2. The van der Waals surface area contributed by atoms with Crippen LogP contribution < -0.4 is 0 Å². The number of H-pyrrole nitrogens is 1. The Labute approximate surface area is 149 Å². The Hall–Kier alpha value is -2.40. The van der Waals surface area contributed by atoms with Gasteiger partial charge in [-0.25, -0.2) is 9.37 Å². The molecule has 2 aromatic heterocycles. The summed E-state index contributed by atoms with van der Waals surface area (Å²) in [6.07, 6.45) is 2.46. The van der Waals surface area contributed by atoms with Crippen LogP contribution in [-0.4, -0.2) is 32.7 Å². The fourth-order valence-corrected chi connectivity index (χ4v) is 3.91. The molecule has 1 amide bonds. The molecule has 4 rings (SSSR count). The van der Waals surface area contributed by atoms with Gasteiger partial charge < -0.3 is 9.88 Å². The van der Waals surface area contributed by atoms with E-state index < -0.39 is 0 Å². The lowest BCUT2D eigenvalue weighted by Gasteiger charge is -2.40. The van der Waals surface area contributed by atoms with Gasteiger partial charge in [-0.3, -0.25) is 4.79 Å². The summed E-state index contributed by atoms with van der Waals surface area (Å²) in [7, 11) is 0. The molecule has 1 aliphatic rings. The molecule has 1 aliphatic heterocycles. The van der Waals surface area contributed by atoms with Gasteiger partial charge in [0.2, 0.25) is 5.91 Å². The van der Waals surface area contributed by atoms with E-state index in [9.17, 15) is 9.18 Å². The van der Waals surface area contributed by atoms with Gasteiger partial charge in [0.15, 0.2) is 0 Å². The number of nitrogens with one attached hydrogen (secondary N) is 1. The second-order valence-corrected chi connectivity index (χ2v) is 6.63. The number of carbonyl (C=O) groups excluding carboxylic acids is 1. The Morgan fingerprint density at radius 3 is 2.84 bits per heavy atom. The van der Waals surface area contributed by atoms with E-state index in [4.69, 9.17) is 11.6 Å². The summed E-state index contributed by atoms with van der Waals surface area (Å²) in [5.41, 5.74) is 3.73. The zero-order chi connectivity index (χ0) is 17.6. The van der Waals surface area contributed by atoms with Gasteiger partial charge in [0, 0.05) is 23.3 Å². The molecule has 0 aliphatic carbocycles. The topological polar surface area (TPSA) is 49.0 Å². The quantitative estimate of drug-likeness (QED) is 0.709.